The molecule has 1 aromatic carbocycles. The second kappa shape index (κ2) is 8.01. The van der Waals surface area contributed by atoms with E-state index in [1.54, 1.807) is 4.90 Å². The first-order chi connectivity index (χ1) is 9.99. The van der Waals surface area contributed by atoms with E-state index in [2.05, 4.69) is 5.32 Å². The van der Waals surface area contributed by atoms with Crippen LogP contribution in [0.4, 0.5) is 13.2 Å². The van der Waals surface area contributed by atoms with Crippen molar-refractivity contribution < 1.29 is 23.0 Å². The molecule has 22 heavy (non-hydrogen) atoms. The van der Waals surface area contributed by atoms with Crippen LogP contribution in [0.25, 0.3) is 0 Å². The Morgan fingerprint density at radius 1 is 1.36 bits per heavy atom. The Morgan fingerprint density at radius 3 is 2.55 bits per heavy atom. The molecule has 1 heterocycles. The Labute approximate surface area is 133 Å². The number of hydrogen-bond acceptors (Lipinski definition) is 4. The van der Waals surface area contributed by atoms with Gasteiger partial charge in [0.25, 0.3) is 5.92 Å². The minimum atomic E-state index is -3.32. The van der Waals surface area contributed by atoms with Crippen LogP contribution < -0.4 is 10.1 Å². The van der Waals surface area contributed by atoms with Gasteiger partial charge in [-0.25, -0.2) is 13.2 Å². The third-order valence-electron chi connectivity index (χ3n) is 3.62. The van der Waals surface area contributed by atoms with Gasteiger partial charge in [-0.1, -0.05) is 6.07 Å². The zero-order chi connectivity index (χ0) is 15.5. The Hall–Kier alpha value is -1.02. The van der Waals surface area contributed by atoms with Gasteiger partial charge >= 0.3 is 0 Å². The van der Waals surface area contributed by atoms with E-state index in [1.165, 1.54) is 19.2 Å². The molecule has 0 spiro atoms. The van der Waals surface area contributed by atoms with Gasteiger partial charge in [0.1, 0.15) is 12.6 Å². The third kappa shape index (κ3) is 4.04. The molecule has 8 heteroatoms. The number of piperazine rings is 1. The van der Waals surface area contributed by atoms with Gasteiger partial charge in [0, 0.05) is 26.2 Å². The Balaban J connectivity index is 0.00000242. The number of aliphatic hydroxyl groups excluding tert-OH is 1. The molecule has 4 nitrogen and oxygen atoms in total. The van der Waals surface area contributed by atoms with Gasteiger partial charge in [0.15, 0.2) is 11.6 Å². The Kier molecular flexibility index (Phi) is 6.93. The molecular weight excluding hydrogens is 321 g/mol. The van der Waals surface area contributed by atoms with Crippen LogP contribution in [0.1, 0.15) is 11.6 Å². The minimum absolute atomic E-state index is 0. The number of alkyl halides is 2. The van der Waals surface area contributed by atoms with E-state index < -0.39 is 24.4 Å². The van der Waals surface area contributed by atoms with Crippen molar-refractivity contribution in [3.05, 3.63) is 29.6 Å². The second-order valence-corrected chi connectivity index (χ2v) is 5.00. The van der Waals surface area contributed by atoms with Crippen molar-refractivity contribution in [1.29, 1.82) is 0 Å². The molecule has 126 valence electrons. The average Bonchev–Trinajstić information content (AvgIpc) is 2.50. The van der Waals surface area contributed by atoms with Crippen LogP contribution in [-0.4, -0.2) is 55.8 Å². The molecule has 0 bridgehead atoms. The molecule has 2 N–H and O–H groups in total. The van der Waals surface area contributed by atoms with Crippen LogP contribution >= 0.6 is 12.4 Å². The summed E-state index contributed by atoms with van der Waals surface area (Å²) in [5, 5.41) is 12.1. The van der Waals surface area contributed by atoms with E-state index in [4.69, 9.17) is 9.84 Å². The highest BCUT2D eigenvalue weighted by Crippen LogP contribution is 2.38. The number of aliphatic hydroxyl groups is 1. The predicted molar refractivity (Wildman–Crippen MR) is 79.4 cm³/mol. The summed E-state index contributed by atoms with van der Waals surface area (Å²) < 4.78 is 46.7. The van der Waals surface area contributed by atoms with Gasteiger partial charge in [-0.3, -0.25) is 4.90 Å². The van der Waals surface area contributed by atoms with Crippen molar-refractivity contribution in [3.8, 4) is 5.75 Å². The van der Waals surface area contributed by atoms with E-state index in [0.29, 0.717) is 26.2 Å². The van der Waals surface area contributed by atoms with Crippen molar-refractivity contribution in [3.63, 3.8) is 0 Å². The molecule has 1 saturated heterocycles. The van der Waals surface area contributed by atoms with Crippen molar-refractivity contribution in [2.75, 3.05) is 39.9 Å². The molecule has 1 aromatic rings. The highest BCUT2D eigenvalue weighted by Gasteiger charge is 2.44. The third-order valence-corrected chi connectivity index (χ3v) is 3.62. The zero-order valence-corrected chi connectivity index (χ0v) is 13.0. The van der Waals surface area contributed by atoms with Crippen molar-refractivity contribution in [2.45, 2.75) is 12.0 Å². The van der Waals surface area contributed by atoms with Crippen molar-refractivity contribution in [2.24, 2.45) is 0 Å². The quantitative estimate of drug-likeness (QED) is 0.858. The van der Waals surface area contributed by atoms with Gasteiger partial charge in [-0.05, 0) is 17.7 Å². The highest BCUT2D eigenvalue weighted by molar-refractivity contribution is 5.85. The summed E-state index contributed by atoms with van der Waals surface area (Å²) in [5.41, 5.74) is 0.231. The number of nitrogens with zero attached hydrogens (tertiary/aromatic N) is 1. The first kappa shape index (κ1) is 19.0. The summed E-state index contributed by atoms with van der Waals surface area (Å²) in [6.07, 6.45) is 0. The van der Waals surface area contributed by atoms with Gasteiger partial charge in [-0.2, -0.15) is 0 Å². The van der Waals surface area contributed by atoms with Crippen LogP contribution in [0.15, 0.2) is 18.2 Å². The Morgan fingerprint density at radius 2 is 2.00 bits per heavy atom. The lowest BCUT2D eigenvalue weighted by molar-refractivity contribution is -0.118. The van der Waals surface area contributed by atoms with Gasteiger partial charge in [0.05, 0.1) is 7.11 Å². The molecule has 0 aliphatic carbocycles. The van der Waals surface area contributed by atoms with E-state index >= 15 is 0 Å². The SMILES string of the molecule is COc1cc([C@@H](N2CCNCC2)C(F)(F)CO)ccc1F.Cl. The number of ether oxygens (including phenoxy) is 1. The number of hydrogen-bond donors (Lipinski definition) is 2. The lowest BCUT2D eigenvalue weighted by atomic mass is 9.98. The van der Waals surface area contributed by atoms with Crippen LogP contribution in [-0.2, 0) is 0 Å². The number of nitrogens with one attached hydrogen (secondary N) is 1. The van der Waals surface area contributed by atoms with E-state index in [9.17, 15) is 13.2 Å². The zero-order valence-electron chi connectivity index (χ0n) is 12.2. The normalized spacial score (nSPS) is 17.7. The molecule has 2 rings (SSSR count). The molecule has 0 saturated carbocycles. The summed E-state index contributed by atoms with van der Waals surface area (Å²) in [7, 11) is 1.28. The van der Waals surface area contributed by atoms with Crippen LogP contribution in [0.5, 0.6) is 5.75 Å². The molecular formula is C14H20ClF3N2O2. The summed E-state index contributed by atoms with van der Waals surface area (Å²) in [5.74, 6) is -4.01. The van der Waals surface area contributed by atoms with Crippen LogP contribution in [0.2, 0.25) is 0 Å². The maximum absolute atomic E-state index is 14.2. The molecule has 0 radical (unpaired) electrons. The van der Waals surface area contributed by atoms with E-state index in [-0.39, 0.29) is 23.7 Å². The van der Waals surface area contributed by atoms with Crippen LogP contribution in [0, 0.1) is 5.82 Å². The fourth-order valence-electron chi connectivity index (χ4n) is 2.60. The molecule has 0 unspecified atom stereocenters. The number of methoxy groups -OCH3 is 1. The smallest absolute Gasteiger partial charge is 0.289 e. The molecule has 0 aromatic heterocycles. The first-order valence-corrected chi connectivity index (χ1v) is 6.76. The van der Waals surface area contributed by atoms with Crippen LogP contribution in [0.3, 0.4) is 0 Å². The van der Waals surface area contributed by atoms with Gasteiger partial charge in [-0.15, -0.1) is 12.4 Å². The number of benzene rings is 1. The molecule has 1 fully saturated rings. The molecule has 1 aliphatic rings. The minimum Gasteiger partial charge on any atom is -0.494 e. The highest BCUT2D eigenvalue weighted by atomic mass is 35.5. The number of rotatable bonds is 5. The second-order valence-electron chi connectivity index (χ2n) is 5.00. The lowest BCUT2D eigenvalue weighted by Gasteiger charge is -2.38. The lowest BCUT2D eigenvalue weighted by Crippen LogP contribution is -2.51. The first-order valence-electron chi connectivity index (χ1n) is 6.76. The van der Waals surface area contributed by atoms with E-state index in [1.807, 2.05) is 0 Å². The maximum Gasteiger partial charge on any atom is 0.289 e. The topological polar surface area (TPSA) is 44.7 Å². The van der Waals surface area contributed by atoms with Gasteiger partial charge < -0.3 is 15.2 Å². The van der Waals surface area contributed by atoms with Gasteiger partial charge in [0.2, 0.25) is 0 Å². The predicted octanol–water partition coefficient (Wildman–Crippen LogP) is 1.83. The fourth-order valence-corrected chi connectivity index (χ4v) is 2.60. The maximum atomic E-state index is 14.2. The Bertz CT molecular complexity index is 485. The largest absolute Gasteiger partial charge is 0.494 e. The molecule has 0 amide bonds. The van der Waals surface area contributed by atoms with E-state index in [0.717, 1.165) is 6.07 Å². The van der Waals surface area contributed by atoms with Crippen molar-refractivity contribution >= 4 is 12.4 Å². The standard InChI is InChI=1S/C14H19F3N2O2.ClH/c1-21-12-8-10(2-3-11(12)15)13(14(16,17)9-20)19-6-4-18-5-7-19;/h2-3,8,13,18,20H,4-7,9H2,1H3;1H/t13-;/m1./s1. The summed E-state index contributed by atoms with van der Waals surface area (Å²) in [6, 6.07) is 2.38. The summed E-state index contributed by atoms with van der Waals surface area (Å²) >= 11 is 0. The summed E-state index contributed by atoms with van der Waals surface area (Å²) in [6.45, 7) is 0.786. The molecule has 1 aliphatic heterocycles. The average molecular weight is 341 g/mol. The number of halogens is 4. The fraction of sp³-hybridized carbons (Fsp3) is 0.571. The monoisotopic (exact) mass is 340 g/mol. The summed E-state index contributed by atoms with van der Waals surface area (Å²) in [4.78, 5) is 1.60. The van der Waals surface area contributed by atoms with Crippen molar-refractivity contribution in [1.82, 2.24) is 10.2 Å². The molecule has 1 atom stereocenters.